The number of benzene rings is 2. The molecule has 1 aromatic carbocycles. The Morgan fingerprint density at radius 2 is 1.89 bits per heavy atom. The van der Waals surface area contributed by atoms with Crippen molar-refractivity contribution in [1.82, 2.24) is 4.98 Å². The van der Waals surface area contributed by atoms with Crippen LogP contribution in [-0.4, -0.2) is 4.98 Å². The quantitative estimate of drug-likeness (QED) is 0.509. The second-order valence-corrected chi connectivity index (χ2v) is 5.45. The van der Waals surface area contributed by atoms with E-state index in [-0.39, 0.29) is 12.4 Å². The summed E-state index contributed by atoms with van der Waals surface area (Å²) in [5, 5.41) is 6.77. The Bertz CT molecular complexity index is 749. The third-order valence-electron chi connectivity index (χ3n) is 2.92. The van der Waals surface area contributed by atoms with Crippen molar-refractivity contribution in [2.45, 2.75) is 13.8 Å². The zero-order valence-electron chi connectivity index (χ0n) is 10.2. The lowest BCUT2D eigenvalue weighted by Crippen LogP contribution is -3.00. The average molecular weight is 277 g/mol. The summed E-state index contributed by atoms with van der Waals surface area (Å²) in [6, 6.07) is 10.4. The number of fused-ring (bicyclic) bond motifs is 2. The van der Waals surface area contributed by atoms with E-state index >= 15 is 0 Å². The summed E-state index contributed by atoms with van der Waals surface area (Å²) in [5.74, 6) is 0. The van der Waals surface area contributed by atoms with Gasteiger partial charge in [0, 0.05) is 11.6 Å². The third-order valence-corrected chi connectivity index (χ3v) is 4.02. The van der Waals surface area contributed by atoms with Gasteiger partial charge in [-0.25, -0.2) is 4.98 Å². The van der Waals surface area contributed by atoms with Crippen LogP contribution in [0.3, 0.4) is 0 Å². The molecule has 4 heteroatoms. The molecule has 0 unspecified atom stereocenters. The van der Waals surface area contributed by atoms with Gasteiger partial charge in [-0.3, -0.25) is 5.41 Å². The fourth-order valence-electron chi connectivity index (χ4n) is 1.90. The molecule has 18 heavy (non-hydrogen) atoms. The molecule has 1 aliphatic heterocycles. The second kappa shape index (κ2) is 4.67. The maximum Gasteiger partial charge on any atom is 0.201 e. The van der Waals surface area contributed by atoms with Crippen LogP contribution in [-0.2, 0) is 0 Å². The predicted molar refractivity (Wildman–Crippen MR) is 70.8 cm³/mol. The molecule has 1 aliphatic carbocycles. The summed E-state index contributed by atoms with van der Waals surface area (Å²) in [6.07, 6.45) is 0. The number of aromatic nitrogens is 1. The molecule has 0 radical (unpaired) electrons. The lowest BCUT2D eigenvalue weighted by Gasteiger charge is -2.06. The summed E-state index contributed by atoms with van der Waals surface area (Å²) in [6.45, 7) is 4.11. The molecular weight excluding hydrogens is 264 g/mol. The summed E-state index contributed by atoms with van der Waals surface area (Å²) < 4.78 is 1.21. The monoisotopic (exact) mass is 276 g/mol. The van der Waals surface area contributed by atoms with Crippen LogP contribution in [0.25, 0.3) is 20.8 Å². The minimum atomic E-state index is 0. The first kappa shape index (κ1) is 13.0. The van der Waals surface area contributed by atoms with Gasteiger partial charge in [-0.15, -0.1) is 11.3 Å². The first-order valence-corrected chi connectivity index (χ1v) is 6.35. The van der Waals surface area contributed by atoms with Crippen molar-refractivity contribution < 1.29 is 17.8 Å². The third kappa shape index (κ3) is 2.11. The van der Waals surface area contributed by atoms with Gasteiger partial charge in [0.1, 0.15) is 0 Å². The summed E-state index contributed by atoms with van der Waals surface area (Å²) in [5.41, 5.74) is 4.42. The van der Waals surface area contributed by atoms with E-state index in [1.165, 1.54) is 10.3 Å². The van der Waals surface area contributed by atoms with E-state index in [4.69, 9.17) is 5.41 Å². The van der Waals surface area contributed by atoms with Gasteiger partial charge in [-0.2, -0.15) is 0 Å². The Morgan fingerprint density at radius 3 is 2.67 bits per heavy atom. The number of hydrogen-bond acceptors (Lipinski definition) is 2. The molecular formula is C14H13ClN2S. The van der Waals surface area contributed by atoms with E-state index in [9.17, 15) is 0 Å². The number of halogens is 1. The predicted octanol–water partition coefficient (Wildman–Crippen LogP) is -1.32. The van der Waals surface area contributed by atoms with Gasteiger partial charge in [-0.05, 0) is 37.6 Å². The summed E-state index contributed by atoms with van der Waals surface area (Å²) in [4.78, 5) is 5.82. The van der Waals surface area contributed by atoms with E-state index in [2.05, 4.69) is 36.2 Å². The Kier molecular flexibility index (Phi) is 3.37. The number of rotatable bonds is 0. The highest BCUT2D eigenvalue weighted by molar-refractivity contribution is 7.21. The summed E-state index contributed by atoms with van der Waals surface area (Å²) >= 11 is 1.75. The zero-order valence-corrected chi connectivity index (χ0v) is 11.8. The topological polar surface area (TPSA) is 38.5 Å². The van der Waals surface area contributed by atoms with Crippen molar-refractivity contribution >= 4 is 21.6 Å². The number of nitrogens with two attached hydrogens (primary N) is 1. The smallest absolute Gasteiger partial charge is 0.201 e. The van der Waals surface area contributed by atoms with Crippen LogP contribution in [0.2, 0.25) is 0 Å². The van der Waals surface area contributed by atoms with E-state index in [0.29, 0.717) is 0 Å². The molecule has 2 N–H and O–H groups in total. The van der Waals surface area contributed by atoms with Crippen molar-refractivity contribution in [1.29, 1.82) is 0 Å². The van der Waals surface area contributed by atoms with Crippen LogP contribution in [0.4, 0.5) is 0 Å². The van der Waals surface area contributed by atoms with Gasteiger partial charge >= 0.3 is 0 Å². The molecule has 3 rings (SSSR count). The molecule has 0 spiro atoms. The highest BCUT2D eigenvalue weighted by Gasteiger charge is 2.09. The number of hydrogen-bond donors (Lipinski definition) is 1. The van der Waals surface area contributed by atoms with Gasteiger partial charge in [0.05, 0.1) is 20.8 Å². The molecule has 0 fully saturated rings. The molecule has 0 atom stereocenters. The summed E-state index contributed by atoms with van der Waals surface area (Å²) in [7, 11) is 0. The fraction of sp³-hybridized carbons (Fsp3) is 0.143. The average Bonchev–Trinajstić information content (AvgIpc) is 2.28. The van der Waals surface area contributed by atoms with Gasteiger partial charge < -0.3 is 12.4 Å². The molecule has 0 saturated heterocycles. The van der Waals surface area contributed by atoms with Crippen molar-refractivity contribution in [3.63, 3.8) is 0 Å². The zero-order chi connectivity index (χ0) is 12.0. The van der Waals surface area contributed by atoms with Gasteiger partial charge in [0.2, 0.25) is 5.36 Å². The molecule has 92 valence electrons. The molecule has 0 amide bonds. The lowest BCUT2D eigenvalue weighted by atomic mass is 10.1. The van der Waals surface area contributed by atoms with Gasteiger partial charge in [-0.1, -0.05) is 6.07 Å². The first-order chi connectivity index (χ1) is 8.13. The Balaban J connectivity index is 0.00000120. The van der Waals surface area contributed by atoms with Crippen molar-refractivity contribution in [3.8, 4) is 10.6 Å². The van der Waals surface area contributed by atoms with Crippen LogP contribution in [0.15, 0.2) is 30.3 Å². The molecule has 1 aromatic rings. The van der Waals surface area contributed by atoms with Crippen LogP contribution < -0.4 is 23.2 Å². The SMILES string of the molecule is Cc1ccc2nc3cc(C)c(=[NH2+])cc-3sc2c1.[Cl-]. The van der Waals surface area contributed by atoms with Crippen LogP contribution in [0.5, 0.6) is 0 Å². The van der Waals surface area contributed by atoms with Crippen LogP contribution in [0.1, 0.15) is 11.1 Å². The minimum absolute atomic E-state index is 0. The van der Waals surface area contributed by atoms with E-state index < -0.39 is 0 Å². The fourth-order valence-corrected chi connectivity index (χ4v) is 3.00. The Hall–Kier alpha value is -1.45. The normalized spacial score (nSPS) is 10.6. The van der Waals surface area contributed by atoms with Crippen LogP contribution >= 0.6 is 11.3 Å². The number of aryl methyl sites for hydroxylation is 2. The van der Waals surface area contributed by atoms with Gasteiger partial charge in [0.15, 0.2) is 0 Å². The van der Waals surface area contributed by atoms with E-state index in [0.717, 1.165) is 27.0 Å². The van der Waals surface area contributed by atoms with Crippen LogP contribution in [0, 0.1) is 13.8 Å². The minimum Gasteiger partial charge on any atom is -1.00 e. The van der Waals surface area contributed by atoms with Crippen molar-refractivity contribution in [3.05, 3.63) is 46.8 Å². The van der Waals surface area contributed by atoms with Gasteiger partial charge in [0.25, 0.3) is 0 Å². The first-order valence-electron chi connectivity index (χ1n) is 5.54. The largest absolute Gasteiger partial charge is 1.00 e. The maximum absolute atomic E-state index is 5.94. The highest BCUT2D eigenvalue weighted by atomic mass is 35.5. The Labute approximate surface area is 116 Å². The number of nitrogens with zero attached hydrogens (tertiary/aromatic N) is 1. The van der Waals surface area contributed by atoms with E-state index in [1.54, 1.807) is 11.3 Å². The molecule has 2 aliphatic rings. The lowest BCUT2D eigenvalue weighted by molar-refractivity contribution is -0.173. The highest BCUT2D eigenvalue weighted by Crippen LogP contribution is 2.30. The molecule has 0 bridgehead atoms. The van der Waals surface area contributed by atoms with Crippen molar-refractivity contribution in [2.75, 3.05) is 0 Å². The molecule has 0 saturated carbocycles. The molecule has 2 nitrogen and oxygen atoms in total. The maximum atomic E-state index is 5.94. The van der Waals surface area contributed by atoms with E-state index in [1.807, 2.05) is 13.0 Å². The molecule has 0 aromatic heterocycles. The van der Waals surface area contributed by atoms with Crippen molar-refractivity contribution in [2.24, 2.45) is 0 Å². The second-order valence-electron chi connectivity index (χ2n) is 4.36. The standard InChI is InChI=1S/C14H12N2S.ClH/c1-8-3-4-11-13(5-8)17-14-7-10(15)9(2)6-12(14)16-11;/h3-7,15H,1-2H3;1H. The molecule has 1 heterocycles. The Morgan fingerprint density at radius 1 is 1.11 bits per heavy atom.